The average molecular weight is 552 g/mol. The van der Waals surface area contributed by atoms with Gasteiger partial charge in [0.2, 0.25) is 0 Å². The summed E-state index contributed by atoms with van der Waals surface area (Å²) in [5.41, 5.74) is 10.7. The second-order valence-electron chi connectivity index (χ2n) is 11.5. The van der Waals surface area contributed by atoms with Gasteiger partial charge in [-0.3, -0.25) is 0 Å². The molecule has 3 aliphatic rings. The Morgan fingerprint density at radius 3 is 1.81 bits per heavy atom. The van der Waals surface area contributed by atoms with Crippen molar-refractivity contribution in [3.05, 3.63) is 155 Å². The molecule has 0 amide bonds. The molecule has 0 radical (unpaired) electrons. The smallest absolute Gasteiger partial charge is 0.340 e. The standard InChI is InChI=1S/C38H24F3N/c39-38(40,41)30-18-9-10-23(30)22-42-35-19-8-4-14-27(35)29-20-28-26-13-3-7-17-33(26)37(34(28)21-36(29)42)31-15-5-1-11-24(31)25-12-2-6-16-32(25)37/h1-21,23H,22H2. The van der Waals surface area contributed by atoms with Crippen molar-refractivity contribution in [2.45, 2.75) is 18.1 Å². The van der Waals surface area contributed by atoms with Gasteiger partial charge in [-0.05, 0) is 62.7 Å². The van der Waals surface area contributed by atoms with Gasteiger partial charge in [-0.1, -0.05) is 109 Å². The molecular formula is C38H24F3N. The maximum atomic E-state index is 14.0. The summed E-state index contributed by atoms with van der Waals surface area (Å²) < 4.78 is 44.0. The number of allylic oxidation sites excluding steroid dienone is 4. The molecule has 5 aromatic carbocycles. The van der Waals surface area contributed by atoms with E-state index in [1.165, 1.54) is 56.7 Å². The minimum Gasteiger partial charge on any atom is -0.340 e. The van der Waals surface area contributed by atoms with Gasteiger partial charge in [-0.15, -0.1) is 0 Å². The van der Waals surface area contributed by atoms with Crippen molar-refractivity contribution in [1.29, 1.82) is 0 Å². The summed E-state index contributed by atoms with van der Waals surface area (Å²) in [6.45, 7) is 0.220. The third kappa shape index (κ3) is 2.89. The van der Waals surface area contributed by atoms with Crippen molar-refractivity contribution >= 4 is 21.8 Å². The van der Waals surface area contributed by atoms with Gasteiger partial charge < -0.3 is 4.57 Å². The number of para-hydroxylation sites is 1. The number of benzene rings is 5. The molecule has 1 unspecified atom stereocenters. The molecule has 0 N–H and O–H groups in total. The predicted octanol–water partition coefficient (Wildman–Crippen LogP) is 9.81. The fourth-order valence-electron chi connectivity index (χ4n) is 8.01. The van der Waals surface area contributed by atoms with E-state index in [9.17, 15) is 13.2 Å². The largest absolute Gasteiger partial charge is 0.413 e. The Kier molecular flexibility index (Phi) is 4.62. The van der Waals surface area contributed by atoms with Gasteiger partial charge >= 0.3 is 6.18 Å². The van der Waals surface area contributed by atoms with Crippen molar-refractivity contribution in [3.8, 4) is 22.3 Å². The van der Waals surface area contributed by atoms with E-state index in [0.717, 1.165) is 21.8 Å². The van der Waals surface area contributed by atoms with E-state index in [1.54, 1.807) is 6.08 Å². The van der Waals surface area contributed by atoms with Crippen LogP contribution in [0.5, 0.6) is 0 Å². The van der Waals surface area contributed by atoms with Crippen molar-refractivity contribution in [1.82, 2.24) is 4.57 Å². The zero-order chi connectivity index (χ0) is 28.2. The molecule has 0 saturated carbocycles. The monoisotopic (exact) mass is 551 g/mol. The fourth-order valence-corrected chi connectivity index (χ4v) is 8.01. The van der Waals surface area contributed by atoms with Gasteiger partial charge in [0.15, 0.2) is 0 Å². The Balaban J connectivity index is 1.38. The molecule has 1 heterocycles. The van der Waals surface area contributed by atoms with E-state index in [-0.39, 0.29) is 6.54 Å². The summed E-state index contributed by atoms with van der Waals surface area (Å²) in [5.74, 6) is -0.739. The van der Waals surface area contributed by atoms with Crippen molar-refractivity contribution in [2.75, 3.05) is 0 Å². The van der Waals surface area contributed by atoms with Crippen LogP contribution < -0.4 is 0 Å². The van der Waals surface area contributed by atoms with Gasteiger partial charge in [-0.25, -0.2) is 0 Å². The van der Waals surface area contributed by atoms with Crippen LogP contribution in [0.15, 0.2) is 133 Å². The molecule has 0 saturated heterocycles. The quantitative estimate of drug-likeness (QED) is 0.202. The molecule has 0 bridgehead atoms. The van der Waals surface area contributed by atoms with Crippen LogP contribution in [-0.2, 0) is 12.0 Å². The van der Waals surface area contributed by atoms with Gasteiger partial charge in [0.05, 0.1) is 5.41 Å². The van der Waals surface area contributed by atoms with Gasteiger partial charge in [0.1, 0.15) is 0 Å². The van der Waals surface area contributed by atoms with Crippen LogP contribution in [0.2, 0.25) is 0 Å². The number of nitrogens with zero attached hydrogens (tertiary/aromatic N) is 1. The van der Waals surface area contributed by atoms with E-state index < -0.39 is 23.1 Å². The first-order valence-corrected chi connectivity index (χ1v) is 14.3. The van der Waals surface area contributed by atoms with E-state index in [2.05, 4.69) is 95.6 Å². The summed E-state index contributed by atoms with van der Waals surface area (Å²) >= 11 is 0. The maximum absolute atomic E-state index is 14.0. The van der Waals surface area contributed by atoms with E-state index in [0.29, 0.717) is 0 Å². The molecule has 6 aromatic rings. The minimum absolute atomic E-state index is 0.220. The molecule has 1 spiro atoms. The Labute approximate surface area is 240 Å². The highest BCUT2D eigenvalue weighted by molar-refractivity contribution is 6.11. The lowest BCUT2D eigenvalue weighted by Gasteiger charge is -2.30. The summed E-state index contributed by atoms with van der Waals surface area (Å²) in [6, 6.07) is 38.6. The molecule has 3 aliphatic carbocycles. The van der Waals surface area contributed by atoms with Gasteiger partial charge in [-0.2, -0.15) is 13.2 Å². The van der Waals surface area contributed by atoms with Crippen LogP contribution in [0, 0.1) is 5.92 Å². The number of fused-ring (bicyclic) bond motifs is 13. The van der Waals surface area contributed by atoms with Crippen LogP contribution >= 0.6 is 0 Å². The lowest BCUT2D eigenvalue weighted by Crippen LogP contribution is -2.26. The summed E-state index contributed by atoms with van der Waals surface area (Å²) in [4.78, 5) is 0. The first-order chi connectivity index (χ1) is 20.5. The van der Waals surface area contributed by atoms with E-state index in [1.807, 2.05) is 18.2 Å². The van der Waals surface area contributed by atoms with Crippen LogP contribution in [0.1, 0.15) is 22.3 Å². The molecule has 202 valence electrons. The highest BCUT2D eigenvalue weighted by Gasteiger charge is 2.51. The molecule has 9 rings (SSSR count). The Morgan fingerprint density at radius 1 is 0.595 bits per heavy atom. The molecule has 42 heavy (non-hydrogen) atoms. The number of hydrogen-bond acceptors (Lipinski definition) is 0. The molecular weight excluding hydrogens is 527 g/mol. The second kappa shape index (κ2) is 8.13. The first-order valence-electron chi connectivity index (χ1n) is 14.3. The number of halogens is 3. The minimum atomic E-state index is -4.36. The van der Waals surface area contributed by atoms with Crippen LogP contribution in [0.3, 0.4) is 0 Å². The third-order valence-corrected chi connectivity index (χ3v) is 9.61. The average Bonchev–Trinajstić information content (AvgIpc) is 3.75. The zero-order valence-electron chi connectivity index (χ0n) is 22.5. The molecule has 1 aromatic heterocycles. The number of alkyl halides is 3. The highest BCUT2D eigenvalue weighted by atomic mass is 19.4. The Morgan fingerprint density at radius 2 is 1.17 bits per heavy atom. The Bertz CT molecular complexity index is 2130. The number of aromatic nitrogens is 1. The zero-order valence-corrected chi connectivity index (χ0v) is 22.5. The van der Waals surface area contributed by atoms with Crippen molar-refractivity contribution in [2.24, 2.45) is 5.92 Å². The van der Waals surface area contributed by atoms with E-state index >= 15 is 0 Å². The van der Waals surface area contributed by atoms with Gasteiger partial charge in [0, 0.05) is 39.8 Å². The fraction of sp³-hybridized carbons (Fsp3) is 0.105. The summed E-state index contributed by atoms with van der Waals surface area (Å²) in [5, 5.41) is 2.12. The molecule has 4 heteroatoms. The molecule has 1 nitrogen and oxygen atoms in total. The lowest BCUT2D eigenvalue weighted by molar-refractivity contribution is -0.0971. The Hall–Kier alpha value is -4.83. The SMILES string of the molecule is FC(F)(F)C1=CC=CC1Cn1c2ccccc2c2cc3c(cc21)C1(c2ccccc2-c2ccccc21)c1ccccc1-3. The van der Waals surface area contributed by atoms with Crippen LogP contribution in [-0.4, -0.2) is 10.7 Å². The topological polar surface area (TPSA) is 4.93 Å². The molecule has 1 atom stereocenters. The number of rotatable bonds is 2. The highest BCUT2D eigenvalue weighted by Crippen LogP contribution is 2.63. The second-order valence-corrected chi connectivity index (χ2v) is 11.5. The van der Waals surface area contributed by atoms with E-state index in [4.69, 9.17) is 0 Å². The predicted molar refractivity (Wildman–Crippen MR) is 163 cm³/mol. The summed E-state index contributed by atoms with van der Waals surface area (Å²) in [7, 11) is 0. The maximum Gasteiger partial charge on any atom is 0.413 e. The number of hydrogen-bond donors (Lipinski definition) is 0. The summed E-state index contributed by atoms with van der Waals surface area (Å²) in [6.07, 6.45) is 0.0696. The van der Waals surface area contributed by atoms with Crippen molar-refractivity contribution in [3.63, 3.8) is 0 Å². The van der Waals surface area contributed by atoms with Crippen LogP contribution in [0.25, 0.3) is 44.1 Å². The molecule has 0 fully saturated rings. The van der Waals surface area contributed by atoms with Gasteiger partial charge in [0.25, 0.3) is 0 Å². The normalized spacial score (nSPS) is 17.5. The van der Waals surface area contributed by atoms with Crippen LogP contribution in [0.4, 0.5) is 13.2 Å². The third-order valence-electron chi connectivity index (χ3n) is 9.61. The first kappa shape index (κ1) is 23.8. The van der Waals surface area contributed by atoms with Crippen molar-refractivity contribution < 1.29 is 13.2 Å². The molecule has 0 aliphatic heterocycles. The lowest BCUT2D eigenvalue weighted by atomic mass is 9.70.